The summed E-state index contributed by atoms with van der Waals surface area (Å²) >= 11 is 1.86. The fourth-order valence-corrected chi connectivity index (χ4v) is 4.27. The molecule has 110 valence electrons. The molecule has 2 N–H and O–H groups in total. The highest BCUT2D eigenvalue weighted by Gasteiger charge is 2.40. The first kappa shape index (κ1) is 14.1. The summed E-state index contributed by atoms with van der Waals surface area (Å²) in [4.78, 5) is 9.43. The van der Waals surface area contributed by atoms with Crippen LogP contribution in [0.1, 0.15) is 56.6 Å². The second kappa shape index (κ2) is 5.53. The Morgan fingerprint density at radius 1 is 1.30 bits per heavy atom. The number of nitrogens with two attached hydrogens (primary N) is 1. The fourth-order valence-electron chi connectivity index (χ4n) is 3.22. The Bertz CT molecular complexity index is 498. The third-order valence-electron chi connectivity index (χ3n) is 4.52. The number of hydrogen-bond acceptors (Lipinski definition) is 5. The zero-order valence-electron chi connectivity index (χ0n) is 12.3. The summed E-state index contributed by atoms with van der Waals surface area (Å²) < 4.78 is 6.13. The minimum atomic E-state index is -0.308. The molecule has 20 heavy (non-hydrogen) atoms. The fraction of sp³-hybridized carbons (Fsp3) is 0.733. The number of fused-ring (bicyclic) bond motifs is 1. The number of hydrogen-bond donors (Lipinski definition) is 1. The van der Waals surface area contributed by atoms with E-state index in [-0.39, 0.29) is 5.60 Å². The van der Waals surface area contributed by atoms with E-state index >= 15 is 0 Å². The Morgan fingerprint density at radius 2 is 2.05 bits per heavy atom. The number of nitrogens with zero attached hydrogens (tertiary/aromatic N) is 2. The number of rotatable bonds is 3. The smallest absolute Gasteiger partial charge is 0.162 e. The van der Waals surface area contributed by atoms with Gasteiger partial charge in [0.1, 0.15) is 11.4 Å². The van der Waals surface area contributed by atoms with E-state index < -0.39 is 0 Å². The van der Waals surface area contributed by atoms with Gasteiger partial charge in [-0.1, -0.05) is 6.92 Å². The van der Waals surface area contributed by atoms with Crippen molar-refractivity contribution in [1.29, 1.82) is 0 Å². The molecule has 0 unspecified atom stereocenters. The van der Waals surface area contributed by atoms with Crippen LogP contribution in [0.2, 0.25) is 0 Å². The van der Waals surface area contributed by atoms with Crippen LogP contribution in [0.15, 0.2) is 0 Å². The minimum Gasteiger partial charge on any atom is -0.383 e. The highest BCUT2D eigenvalue weighted by molar-refractivity contribution is 7.98. The minimum absolute atomic E-state index is 0.308. The van der Waals surface area contributed by atoms with Crippen molar-refractivity contribution in [2.45, 2.75) is 56.6 Å². The normalized spacial score (nSPS) is 29.4. The van der Waals surface area contributed by atoms with Crippen LogP contribution in [0.3, 0.4) is 0 Å². The number of thioether (sulfide) groups is 1. The van der Waals surface area contributed by atoms with Gasteiger partial charge < -0.3 is 10.5 Å². The maximum Gasteiger partial charge on any atom is 0.162 e. The first-order chi connectivity index (χ1) is 9.64. The molecule has 1 aromatic rings. The van der Waals surface area contributed by atoms with Crippen molar-refractivity contribution < 1.29 is 4.74 Å². The second-order valence-electron chi connectivity index (χ2n) is 5.96. The molecule has 0 aromatic carbocycles. The molecule has 0 bridgehead atoms. The van der Waals surface area contributed by atoms with Gasteiger partial charge in [-0.15, -0.1) is 0 Å². The third-order valence-corrected chi connectivity index (χ3v) is 5.49. The molecule has 1 aromatic heterocycles. The highest BCUT2D eigenvalue weighted by Crippen LogP contribution is 2.42. The van der Waals surface area contributed by atoms with Gasteiger partial charge in [-0.25, -0.2) is 9.97 Å². The monoisotopic (exact) mass is 293 g/mol. The summed E-state index contributed by atoms with van der Waals surface area (Å²) in [5.74, 6) is 4.15. The van der Waals surface area contributed by atoms with Crippen LogP contribution < -0.4 is 5.73 Å². The Balaban J connectivity index is 1.97. The summed E-state index contributed by atoms with van der Waals surface area (Å²) in [7, 11) is 0. The van der Waals surface area contributed by atoms with Crippen LogP contribution in [0.4, 0.5) is 5.82 Å². The molecule has 0 radical (unpaired) electrons. The zero-order chi connectivity index (χ0) is 14.2. The van der Waals surface area contributed by atoms with Crippen molar-refractivity contribution in [3.8, 4) is 0 Å². The van der Waals surface area contributed by atoms with Gasteiger partial charge in [0.2, 0.25) is 0 Å². The summed E-state index contributed by atoms with van der Waals surface area (Å²) in [6.45, 7) is 5.06. The van der Waals surface area contributed by atoms with Crippen LogP contribution in [-0.4, -0.2) is 16.6 Å². The Hall–Kier alpha value is -0.810. The second-order valence-corrected chi connectivity index (χ2v) is 6.95. The number of ether oxygens (including phenoxy) is 1. The van der Waals surface area contributed by atoms with E-state index in [0.29, 0.717) is 12.4 Å². The van der Waals surface area contributed by atoms with Crippen molar-refractivity contribution in [1.82, 2.24) is 9.97 Å². The average Bonchev–Trinajstić information content (AvgIpc) is 2.91. The largest absolute Gasteiger partial charge is 0.383 e. The van der Waals surface area contributed by atoms with Crippen molar-refractivity contribution in [3.63, 3.8) is 0 Å². The quantitative estimate of drug-likeness (QED) is 0.927. The lowest BCUT2D eigenvalue weighted by Crippen LogP contribution is -2.36. The Morgan fingerprint density at radius 3 is 2.75 bits per heavy atom. The van der Waals surface area contributed by atoms with Crippen LogP contribution in [0.25, 0.3) is 0 Å². The standard InChI is InChI=1S/C15H23N3OS/c1-3-19-15(6-4-10(2)5-7-15)14-17-12-9-20-8-11(12)13(16)18-14/h10H,3-9H2,1-2H3,(H2,16,17,18). The summed E-state index contributed by atoms with van der Waals surface area (Å²) in [6.07, 6.45) is 4.37. The molecule has 5 heteroatoms. The molecule has 1 fully saturated rings. The molecular weight excluding hydrogens is 270 g/mol. The maximum absolute atomic E-state index is 6.14. The predicted molar refractivity (Wildman–Crippen MR) is 82.4 cm³/mol. The molecule has 1 saturated carbocycles. The van der Waals surface area contributed by atoms with E-state index in [1.165, 1.54) is 12.8 Å². The van der Waals surface area contributed by atoms with E-state index in [9.17, 15) is 0 Å². The molecule has 1 aliphatic carbocycles. The van der Waals surface area contributed by atoms with Gasteiger partial charge in [-0.05, 0) is 38.5 Å². The molecule has 2 aliphatic rings. The molecule has 0 amide bonds. The molecule has 0 saturated heterocycles. The van der Waals surface area contributed by atoms with Gasteiger partial charge in [-0.3, -0.25) is 0 Å². The van der Waals surface area contributed by atoms with Crippen LogP contribution in [0.5, 0.6) is 0 Å². The van der Waals surface area contributed by atoms with Crippen molar-refractivity contribution in [2.24, 2.45) is 5.92 Å². The summed E-state index contributed by atoms with van der Waals surface area (Å²) in [6, 6.07) is 0. The SMILES string of the molecule is CCOC1(c2nc(N)c3c(n2)CSC3)CCC(C)CC1. The van der Waals surface area contributed by atoms with Gasteiger partial charge in [0, 0.05) is 23.7 Å². The van der Waals surface area contributed by atoms with Crippen molar-refractivity contribution in [3.05, 3.63) is 17.1 Å². The van der Waals surface area contributed by atoms with Crippen LogP contribution >= 0.6 is 11.8 Å². The lowest BCUT2D eigenvalue weighted by Gasteiger charge is -2.38. The lowest BCUT2D eigenvalue weighted by atomic mass is 9.78. The van der Waals surface area contributed by atoms with E-state index in [1.807, 2.05) is 18.7 Å². The molecule has 4 nitrogen and oxygen atoms in total. The van der Waals surface area contributed by atoms with E-state index in [0.717, 1.165) is 47.3 Å². The lowest BCUT2D eigenvalue weighted by molar-refractivity contribution is -0.0837. The zero-order valence-corrected chi connectivity index (χ0v) is 13.1. The topological polar surface area (TPSA) is 61.0 Å². The average molecular weight is 293 g/mol. The van der Waals surface area contributed by atoms with Gasteiger partial charge in [0.25, 0.3) is 0 Å². The molecule has 1 aliphatic heterocycles. The third kappa shape index (κ3) is 2.42. The predicted octanol–water partition coefficient (Wildman–Crippen LogP) is 3.25. The van der Waals surface area contributed by atoms with E-state index in [1.54, 1.807) is 0 Å². The summed E-state index contributed by atoms with van der Waals surface area (Å²) in [5.41, 5.74) is 8.09. The van der Waals surface area contributed by atoms with Gasteiger partial charge in [0.15, 0.2) is 5.82 Å². The molecule has 0 spiro atoms. The highest BCUT2D eigenvalue weighted by atomic mass is 32.2. The Labute approximate surface area is 124 Å². The van der Waals surface area contributed by atoms with Gasteiger partial charge >= 0.3 is 0 Å². The van der Waals surface area contributed by atoms with Crippen LogP contribution in [0, 0.1) is 5.92 Å². The number of anilines is 1. The molecule has 3 rings (SSSR count). The van der Waals surface area contributed by atoms with Crippen LogP contribution in [-0.2, 0) is 21.8 Å². The van der Waals surface area contributed by atoms with Gasteiger partial charge in [-0.2, -0.15) is 11.8 Å². The Kier molecular flexibility index (Phi) is 3.91. The molecule has 0 atom stereocenters. The van der Waals surface area contributed by atoms with Crippen molar-refractivity contribution in [2.75, 3.05) is 12.3 Å². The summed E-state index contributed by atoms with van der Waals surface area (Å²) in [5, 5.41) is 0. The number of nitrogen functional groups attached to an aromatic ring is 1. The first-order valence-electron chi connectivity index (χ1n) is 7.52. The molecular formula is C15H23N3OS. The number of aromatic nitrogens is 2. The van der Waals surface area contributed by atoms with E-state index in [4.69, 9.17) is 15.5 Å². The van der Waals surface area contributed by atoms with Crippen molar-refractivity contribution >= 4 is 17.6 Å². The maximum atomic E-state index is 6.14. The van der Waals surface area contributed by atoms with Gasteiger partial charge in [0.05, 0.1) is 5.69 Å². The first-order valence-corrected chi connectivity index (χ1v) is 8.67. The molecule has 2 heterocycles. The van der Waals surface area contributed by atoms with E-state index in [2.05, 4.69) is 11.9 Å².